The molecule has 0 fully saturated rings. The monoisotopic (exact) mass is 202 g/mol. The van der Waals surface area contributed by atoms with E-state index in [1.54, 1.807) is 0 Å². The summed E-state index contributed by atoms with van der Waals surface area (Å²) in [7, 11) is 0. The number of alkyl halides is 1. The van der Waals surface area contributed by atoms with Gasteiger partial charge in [-0.2, -0.15) is 0 Å². The highest BCUT2D eigenvalue weighted by Gasteiger charge is 1.98. The van der Waals surface area contributed by atoms with Crippen LogP contribution in [-0.4, -0.2) is 28.6 Å². The smallest absolute Gasteiger partial charge is 0.108 e. The van der Waals surface area contributed by atoms with Crippen molar-refractivity contribution >= 4 is 11.6 Å². The predicted octanol–water partition coefficient (Wildman–Crippen LogP) is 1.70. The second kappa shape index (κ2) is 6.00. The molecule has 0 spiro atoms. The number of hydrogen-bond donors (Lipinski definition) is 0. The van der Waals surface area contributed by atoms with Gasteiger partial charge in [-0.15, -0.1) is 11.6 Å². The normalized spacial score (nSPS) is 10.6. The molecule has 0 aliphatic heterocycles. The molecular formula is C9H15ClN2O. The van der Waals surface area contributed by atoms with Crippen LogP contribution in [0.3, 0.4) is 0 Å². The number of aryl methyl sites for hydroxylation is 1. The van der Waals surface area contributed by atoms with Crippen molar-refractivity contribution in [2.24, 2.45) is 0 Å². The number of nitrogens with zero attached hydrogens (tertiary/aromatic N) is 2. The van der Waals surface area contributed by atoms with E-state index in [9.17, 15) is 0 Å². The van der Waals surface area contributed by atoms with Crippen molar-refractivity contribution in [3.8, 4) is 0 Å². The van der Waals surface area contributed by atoms with Crippen molar-refractivity contribution in [2.45, 2.75) is 19.9 Å². The van der Waals surface area contributed by atoms with E-state index in [0.717, 1.165) is 18.8 Å². The molecule has 0 radical (unpaired) electrons. The van der Waals surface area contributed by atoms with Crippen molar-refractivity contribution in [3.05, 3.63) is 18.2 Å². The van der Waals surface area contributed by atoms with E-state index in [2.05, 4.69) is 16.5 Å². The lowest BCUT2D eigenvalue weighted by molar-refractivity contribution is 0.140. The van der Waals surface area contributed by atoms with Crippen LogP contribution in [0.1, 0.15) is 12.7 Å². The summed E-state index contributed by atoms with van der Waals surface area (Å²) in [6.45, 7) is 4.28. The van der Waals surface area contributed by atoms with E-state index < -0.39 is 0 Å². The molecule has 4 heteroatoms. The molecule has 0 aromatic carbocycles. The van der Waals surface area contributed by atoms with E-state index in [1.807, 2.05) is 12.4 Å². The Morgan fingerprint density at radius 1 is 1.54 bits per heavy atom. The molecule has 1 heterocycles. The lowest BCUT2D eigenvalue weighted by atomic mass is 10.4. The SMILES string of the molecule is CCc1nccn1CCOCCCl. The number of aromatic nitrogens is 2. The first-order chi connectivity index (χ1) is 6.38. The van der Waals surface area contributed by atoms with E-state index >= 15 is 0 Å². The van der Waals surface area contributed by atoms with Crippen molar-refractivity contribution in [2.75, 3.05) is 19.1 Å². The minimum absolute atomic E-state index is 0.560. The second-order valence-corrected chi connectivity index (χ2v) is 3.07. The summed E-state index contributed by atoms with van der Waals surface area (Å²) in [5.74, 6) is 1.67. The van der Waals surface area contributed by atoms with Gasteiger partial charge in [0.25, 0.3) is 0 Å². The number of hydrogen-bond acceptors (Lipinski definition) is 2. The van der Waals surface area contributed by atoms with Gasteiger partial charge in [0.2, 0.25) is 0 Å². The van der Waals surface area contributed by atoms with Gasteiger partial charge in [0.15, 0.2) is 0 Å². The van der Waals surface area contributed by atoms with Gasteiger partial charge >= 0.3 is 0 Å². The van der Waals surface area contributed by atoms with Crippen LogP contribution in [0.25, 0.3) is 0 Å². The Balaban J connectivity index is 2.27. The van der Waals surface area contributed by atoms with Crippen molar-refractivity contribution < 1.29 is 4.74 Å². The largest absolute Gasteiger partial charge is 0.378 e. The van der Waals surface area contributed by atoms with Crippen LogP contribution in [-0.2, 0) is 17.7 Å². The molecule has 1 rings (SSSR count). The first-order valence-electron chi connectivity index (χ1n) is 4.52. The molecule has 1 aromatic heterocycles. The van der Waals surface area contributed by atoms with Crippen LogP contribution in [0.15, 0.2) is 12.4 Å². The summed E-state index contributed by atoms with van der Waals surface area (Å²) in [5, 5.41) is 0. The van der Waals surface area contributed by atoms with E-state index in [-0.39, 0.29) is 0 Å². The third kappa shape index (κ3) is 3.36. The molecule has 3 nitrogen and oxygen atoms in total. The summed E-state index contributed by atoms with van der Waals surface area (Å²) >= 11 is 5.48. The first-order valence-corrected chi connectivity index (χ1v) is 5.05. The van der Waals surface area contributed by atoms with Crippen LogP contribution in [0.2, 0.25) is 0 Å². The molecular weight excluding hydrogens is 188 g/mol. The maximum absolute atomic E-state index is 5.48. The topological polar surface area (TPSA) is 27.1 Å². The molecule has 0 N–H and O–H groups in total. The second-order valence-electron chi connectivity index (χ2n) is 2.69. The molecule has 1 aromatic rings. The van der Waals surface area contributed by atoms with Crippen LogP contribution >= 0.6 is 11.6 Å². The van der Waals surface area contributed by atoms with Gasteiger partial charge in [-0.25, -0.2) is 4.98 Å². The van der Waals surface area contributed by atoms with Gasteiger partial charge in [0.05, 0.1) is 13.2 Å². The zero-order chi connectivity index (χ0) is 9.52. The third-order valence-electron chi connectivity index (χ3n) is 1.82. The standard InChI is InChI=1S/C9H15ClN2O/c1-2-9-11-4-5-12(9)6-8-13-7-3-10/h4-5H,2-3,6-8H2,1H3. The van der Waals surface area contributed by atoms with Gasteiger partial charge < -0.3 is 9.30 Å². The molecule has 0 atom stereocenters. The minimum Gasteiger partial charge on any atom is -0.378 e. The molecule has 0 unspecified atom stereocenters. The van der Waals surface area contributed by atoms with E-state index in [1.165, 1.54) is 0 Å². The lowest BCUT2D eigenvalue weighted by Gasteiger charge is -2.06. The van der Waals surface area contributed by atoms with Crippen LogP contribution in [0.5, 0.6) is 0 Å². The molecule has 0 saturated carbocycles. The lowest BCUT2D eigenvalue weighted by Crippen LogP contribution is -2.09. The van der Waals surface area contributed by atoms with Crippen LogP contribution in [0, 0.1) is 0 Å². The van der Waals surface area contributed by atoms with Gasteiger partial charge in [-0.1, -0.05) is 6.92 Å². The molecule has 0 aliphatic carbocycles. The minimum atomic E-state index is 0.560. The Labute approximate surface area is 83.7 Å². The Morgan fingerprint density at radius 3 is 3.08 bits per heavy atom. The van der Waals surface area contributed by atoms with Crippen molar-refractivity contribution in [1.82, 2.24) is 9.55 Å². The Morgan fingerprint density at radius 2 is 2.38 bits per heavy atom. The van der Waals surface area contributed by atoms with Crippen LogP contribution in [0.4, 0.5) is 0 Å². The van der Waals surface area contributed by atoms with Gasteiger partial charge in [-0.3, -0.25) is 0 Å². The average molecular weight is 203 g/mol. The van der Waals surface area contributed by atoms with Crippen LogP contribution < -0.4 is 0 Å². The maximum Gasteiger partial charge on any atom is 0.108 e. The Hall–Kier alpha value is -0.540. The van der Waals surface area contributed by atoms with Gasteiger partial charge in [-0.05, 0) is 0 Å². The summed E-state index contributed by atoms with van der Waals surface area (Å²) in [5.41, 5.74) is 0. The quantitative estimate of drug-likeness (QED) is 0.519. The molecule has 74 valence electrons. The molecule has 0 amide bonds. The number of halogens is 1. The zero-order valence-corrected chi connectivity index (χ0v) is 8.63. The van der Waals surface area contributed by atoms with E-state index in [4.69, 9.17) is 16.3 Å². The Bertz CT molecular complexity index is 237. The highest BCUT2D eigenvalue weighted by molar-refractivity contribution is 6.17. The summed E-state index contributed by atoms with van der Waals surface area (Å²) in [6, 6.07) is 0. The van der Waals surface area contributed by atoms with Gasteiger partial charge in [0, 0.05) is 31.2 Å². The predicted molar refractivity (Wildman–Crippen MR) is 53.1 cm³/mol. The fraction of sp³-hybridized carbons (Fsp3) is 0.667. The van der Waals surface area contributed by atoms with E-state index in [0.29, 0.717) is 19.1 Å². The van der Waals surface area contributed by atoms with Crippen molar-refractivity contribution in [1.29, 1.82) is 0 Å². The summed E-state index contributed by atoms with van der Waals surface area (Å²) < 4.78 is 7.38. The molecule has 13 heavy (non-hydrogen) atoms. The fourth-order valence-electron chi connectivity index (χ4n) is 1.18. The fourth-order valence-corrected chi connectivity index (χ4v) is 1.29. The molecule has 0 saturated heterocycles. The number of rotatable bonds is 6. The summed E-state index contributed by atoms with van der Waals surface area (Å²) in [4.78, 5) is 4.21. The van der Waals surface area contributed by atoms with Crippen molar-refractivity contribution in [3.63, 3.8) is 0 Å². The highest BCUT2D eigenvalue weighted by atomic mass is 35.5. The summed E-state index contributed by atoms with van der Waals surface area (Å²) in [6.07, 6.45) is 4.76. The highest BCUT2D eigenvalue weighted by Crippen LogP contribution is 1.98. The zero-order valence-electron chi connectivity index (χ0n) is 7.87. The third-order valence-corrected chi connectivity index (χ3v) is 1.97. The molecule has 0 bridgehead atoms. The van der Waals surface area contributed by atoms with Gasteiger partial charge in [0.1, 0.15) is 5.82 Å². The molecule has 0 aliphatic rings. The number of ether oxygens (including phenoxy) is 1. The Kier molecular flexibility index (Phi) is 4.86. The number of imidazole rings is 1. The maximum atomic E-state index is 5.48. The first kappa shape index (κ1) is 10.5. The average Bonchev–Trinajstić information content (AvgIpc) is 2.60.